The molecule has 122 valence electrons. The molecule has 0 saturated heterocycles. The first-order valence-electron chi connectivity index (χ1n) is 7.57. The Morgan fingerprint density at radius 3 is 2.57 bits per heavy atom. The van der Waals surface area contributed by atoms with Crippen LogP contribution in [0.2, 0.25) is 0 Å². The van der Waals surface area contributed by atoms with E-state index in [1.807, 2.05) is 51.1 Å². The number of carbonyl (C=O) groups excluding carboxylic acids is 2. The van der Waals surface area contributed by atoms with E-state index in [4.69, 9.17) is 0 Å². The number of hydrogen-bond acceptors (Lipinski definition) is 4. The molecular weight excluding hydrogens is 294 g/mol. The highest BCUT2D eigenvalue weighted by molar-refractivity contribution is 5.94. The topological polar surface area (TPSA) is 80.1 Å². The number of aromatic nitrogens is 3. The van der Waals surface area contributed by atoms with Crippen molar-refractivity contribution in [1.82, 2.24) is 25.2 Å². The van der Waals surface area contributed by atoms with Crippen molar-refractivity contribution >= 4 is 11.8 Å². The molecule has 1 N–H and O–H groups in total. The molecule has 23 heavy (non-hydrogen) atoms. The SMILES string of the molecule is CCN(CC(=O)NC(C)C)C(=O)c1cnn(-c2ccccc2)n1. The number of nitrogens with one attached hydrogen (secondary N) is 1. The zero-order valence-electron chi connectivity index (χ0n) is 13.6. The number of nitrogens with zero attached hydrogens (tertiary/aromatic N) is 4. The fraction of sp³-hybridized carbons (Fsp3) is 0.375. The smallest absolute Gasteiger partial charge is 0.276 e. The van der Waals surface area contributed by atoms with E-state index < -0.39 is 0 Å². The average Bonchev–Trinajstić information content (AvgIpc) is 3.02. The van der Waals surface area contributed by atoms with E-state index in [9.17, 15) is 9.59 Å². The van der Waals surface area contributed by atoms with Gasteiger partial charge in [-0.2, -0.15) is 9.90 Å². The molecule has 2 rings (SSSR count). The Labute approximate surface area is 135 Å². The molecule has 1 aromatic carbocycles. The molecule has 0 atom stereocenters. The molecule has 0 aliphatic heterocycles. The predicted octanol–water partition coefficient (Wildman–Crippen LogP) is 1.25. The quantitative estimate of drug-likeness (QED) is 0.870. The third-order valence-electron chi connectivity index (χ3n) is 3.15. The normalized spacial score (nSPS) is 10.6. The summed E-state index contributed by atoms with van der Waals surface area (Å²) in [6.07, 6.45) is 1.42. The molecular formula is C16H21N5O2. The Morgan fingerprint density at radius 2 is 1.96 bits per heavy atom. The predicted molar refractivity (Wildman–Crippen MR) is 86.2 cm³/mol. The van der Waals surface area contributed by atoms with Crippen molar-refractivity contribution in [3.05, 3.63) is 42.2 Å². The van der Waals surface area contributed by atoms with Gasteiger partial charge in [-0.1, -0.05) is 18.2 Å². The standard InChI is InChI=1S/C16H21N5O2/c1-4-20(11-15(22)18-12(2)3)16(23)14-10-17-21(19-14)13-8-6-5-7-9-13/h5-10,12H,4,11H2,1-3H3,(H,18,22). The second kappa shape index (κ2) is 7.53. The first-order valence-corrected chi connectivity index (χ1v) is 7.57. The number of rotatable bonds is 6. The summed E-state index contributed by atoms with van der Waals surface area (Å²) in [5.41, 5.74) is 0.986. The molecule has 0 radical (unpaired) electrons. The maximum absolute atomic E-state index is 12.5. The van der Waals surface area contributed by atoms with Gasteiger partial charge < -0.3 is 10.2 Å². The van der Waals surface area contributed by atoms with Gasteiger partial charge in [0.05, 0.1) is 18.4 Å². The van der Waals surface area contributed by atoms with E-state index >= 15 is 0 Å². The van der Waals surface area contributed by atoms with E-state index in [0.29, 0.717) is 6.54 Å². The number of para-hydroxylation sites is 1. The first kappa shape index (κ1) is 16.7. The molecule has 0 spiro atoms. The molecule has 1 heterocycles. The zero-order valence-corrected chi connectivity index (χ0v) is 13.6. The maximum atomic E-state index is 12.5. The lowest BCUT2D eigenvalue weighted by atomic mass is 10.3. The molecule has 0 bridgehead atoms. The highest BCUT2D eigenvalue weighted by Crippen LogP contribution is 2.06. The molecule has 2 amide bonds. The van der Waals surface area contributed by atoms with Gasteiger partial charge in [-0.05, 0) is 32.9 Å². The van der Waals surface area contributed by atoms with Crippen LogP contribution in [0, 0.1) is 0 Å². The zero-order chi connectivity index (χ0) is 16.8. The minimum absolute atomic E-state index is 0.00566. The fourth-order valence-electron chi connectivity index (χ4n) is 2.08. The summed E-state index contributed by atoms with van der Waals surface area (Å²) < 4.78 is 0. The van der Waals surface area contributed by atoms with E-state index in [0.717, 1.165) is 5.69 Å². The molecule has 0 unspecified atom stereocenters. The summed E-state index contributed by atoms with van der Waals surface area (Å²) in [6, 6.07) is 9.37. The molecule has 7 nitrogen and oxygen atoms in total. The van der Waals surface area contributed by atoms with Crippen molar-refractivity contribution in [2.24, 2.45) is 0 Å². The Bertz CT molecular complexity index is 666. The van der Waals surface area contributed by atoms with Gasteiger partial charge in [-0.25, -0.2) is 0 Å². The van der Waals surface area contributed by atoms with Gasteiger partial charge in [0, 0.05) is 12.6 Å². The largest absolute Gasteiger partial charge is 0.352 e. The van der Waals surface area contributed by atoms with Gasteiger partial charge in [0.1, 0.15) is 0 Å². The average molecular weight is 315 g/mol. The van der Waals surface area contributed by atoms with Crippen molar-refractivity contribution in [1.29, 1.82) is 0 Å². The van der Waals surface area contributed by atoms with Crippen LogP contribution in [0.25, 0.3) is 5.69 Å². The second-order valence-corrected chi connectivity index (χ2v) is 5.40. The van der Waals surface area contributed by atoms with Crippen molar-refractivity contribution in [2.45, 2.75) is 26.8 Å². The van der Waals surface area contributed by atoms with Gasteiger partial charge in [-0.15, -0.1) is 5.10 Å². The van der Waals surface area contributed by atoms with Gasteiger partial charge in [0.15, 0.2) is 5.69 Å². The first-order chi connectivity index (χ1) is 11.0. The third-order valence-corrected chi connectivity index (χ3v) is 3.15. The van der Waals surface area contributed by atoms with Crippen LogP contribution >= 0.6 is 0 Å². The summed E-state index contributed by atoms with van der Waals surface area (Å²) in [6.45, 7) is 6.00. The summed E-state index contributed by atoms with van der Waals surface area (Å²) in [4.78, 5) is 27.2. The lowest BCUT2D eigenvalue weighted by Crippen LogP contribution is -2.42. The third kappa shape index (κ3) is 4.38. The number of benzene rings is 1. The van der Waals surface area contributed by atoms with Crippen LogP contribution in [-0.2, 0) is 4.79 Å². The van der Waals surface area contributed by atoms with Crippen molar-refractivity contribution in [3.63, 3.8) is 0 Å². The van der Waals surface area contributed by atoms with Gasteiger partial charge >= 0.3 is 0 Å². The van der Waals surface area contributed by atoms with Crippen molar-refractivity contribution in [2.75, 3.05) is 13.1 Å². The van der Waals surface area contributed by atoms with Crippen LogP contribution in [0.1, 0.15) is 31.3 Å². The molecule has 0 aliphatic rings. The summed E-state index contributed by atoms with van der Waals surface area (Å²) in [5, 5.41) is 11.1. The number of hydrogen-bond donors (Lipinski definition) is 1. The molecule has 0 aliphatic carbocycles. The Balaban J connectivity index is 2.09. The molecule has 0 fully saturated rings. The van der Waals surface area contributed by atoms with E-state index in [1.54, 1.807) is 0 Å². The number of amides is 2. The van der Waals surface area contributed by atoms with Crippen LogP contribution in [0.3, 0.4) is 0 Å². The monoisotopic (exact) mass is 315 g/mol. The highest BCUT2D eigenvalue weighted by Gasteiger charge is 2.20. The number of likely N-dealkylation sites (N-methyl/N-ethyl adjacent to an activating group) is 1. The lowest BCUT2D eigenvalue weighted by Gasteiger charge is -2.19. The van der Waals surface area contributed by atoms with Gasteiger partial charge in [-0.3, -0.25) is 9.59 Å². The van der Waals surface area contributed by atoms with Crippen LogP contribution in [0.15, 0.2) is 36.5 Å². The van der Waals surface area contributed by atoms with Crippen LogP contribution in [0.4, 0.5) is 0 Å². The Morgan fingerprint density at radius 1 is 1.26 bits per heavy atom. The van der Waals surface area contributed by atoms with E-state index in [1.165, 1.54) is 15.9 Å². The van der Waals surface area contributed by atoms with E-state index in [2.05, 4.69) is 15.5 Å². The lowest BCUT2D eigenvalue weighted by molar-refractivity contribution is -0.122. The van der Waals surface area contributed by atoms with Crippen LogP contribution in [0.5, 0.6) is 0 Å². The van der Waals surface area contributed by atoms with Crippen molar-refractivity contribution < 1.29 is 9.59 Å². The van der Waals surface area contributed by atoms with Crippen molar-refractivity contribution in [3.8, 4) is 5.69 Å². The van der Waals surface area contributed by atoms with Crippen LogP contribution < -0.4 is 5.32 Å². The van der Waals surface area contributed by atoms with Crippen LogP contribution in [-0.4, -0.2) is 50.8 Å². The minimum Gasteiger partial charge on any atom is -0.352 e. The highest BCUT2D eigenvalue weighted by atomic mass is 16.2. The molecule has 7 heteroatoms. The molecule has 1 aromatic heterocycles. The summed E-state index contributed by atoms with van der Waals surface area (Å²) >= 11 is 0. The molecule has 0 saturated carbocycles. The summed E-state index contributed by atoms with van der Waals surface area (Å²) in [5.74, 6) is -0.501. The maximum Gasteiger partial charge on any atom is 0.276 e. The van der Waals surface area contributed by atoms with Gasteiger partial charge in [0.2, 0.25) is 5.91 Å². The Hall–Kier alpha value is -2.70. The van der Waals surface area contributed by atoms with Gasteiger partial charge in [0.25, 0.3) is 5.91 Å². The Kier molecular flexibility index (Phi) is 5.46. The number of carbonyl (C=O) groups is 2. The minimum atomic E-state index is -0.311. The second-order valence-electron chi connectivity index (χ2n) is 5.40. The molecule has 2 aromatic rings. The summed E-state index contributed by atoms with van der Waals surface area (Å²) in [7, 11) is 0. The van der Waals surface area contributed by atoms with E-state index in [-0.39, 0.29) is 30.1 Å². The fourth-order valence-corrected chi connectivity index (χ4v) is 2.08.